The number of anilines is 1. The molecule has 0 bridgehead atoms. The van der Waals surface area contributed by atoms with Gasteiger partial charge in [-0.15, -0.1) is 0 Å². The number of piperidine rings is 1. The number of likely N-dealkylation sites (tertiary alicyclic amines) is 1. The summed E-state index contributed by atoms with van der Waals surface area (Å²) in [6.45, 7) is 8.02. The summed E-state index contributed by atoms with van der Waals surface area (Å²) in [7, 11) is 0. The molecule has 0 unspecified atom stereocenters. The van der Waals surface area contributed by atoms with Gasteiger partial charge < -0.3 is 10.1 Å². The van der Waals surface area contributed by atoms with Crippen LogP contribution < -0.4 is 5.32 Å². The second-order valence-electron chi connectivity index (χ2n) is 5.34. The van der Waals surface area contributed by atoms with Crippen LogP contribution in [0.25, 0.3) is 0 Å². The van der Waals surface area contributed by atoms with E-state index in [0.717, 1.165) is 44.8 Å². The number of carbonyl (C=O) groups is 1. The third-order valence-electron chi connectivity index (χ3n) is 3.84. The molecule has 0 aliphatic carbocycles. The van der Waals surface area contributed by atoms with Crippen LogP contribution in [-0.4, -0.2) is 42.1 Å². The maximum absolute atomic E-state index is 11.7. The molecule has 0 saturated carbocycles. The van der Waals surface area contributed by atoms with Gasteiger partial charge >= 0.3 is 5.97 Å². The second kappa shape index (κ2) is 7.98. The molecule has 1 aliphatic heterocycles. The predicted molar refractivity (Wildman–Crippen MR) is 83.0 cm³/mol. The number of ether oxygens (including phenoxy) is 1. The van der Waals surface area contributed by atoms with Crippen molar-refractivity contribution in [3.63, 3.8) is 0 Å². The minimum Gasteiger partial charge on any atom is -0.466 e. The van der Waals surface area contributed by atoms with Gasteiger partial charge in [0.2, 0.25) is 0 Å². The van der Waals surface area contributed by atoms with Crippen molar-refractivity contribution in [2.45, 2.75) is 33.2 Å². The minimum atomic E-state index is -0.0353. The van der Waals surface area contributed by atoms with E-state index in [2.05, 4.69) is 28.2 Å². The largest absolute Gasteiger partial charge is 0.466 e. The first kappa shape index (κ1) is 15.8. The molecule has 0 radical (unpaired) electrons. The summed E-state index contributed by atoms with van der Waals surface area (Å²) in [4.78, 5) is 18.5. The highest BCUT2D eigenvalue weighted by atomic mass is 16.5. The van der Waals surface area contributed by atoms with Crippen LogP contribution in [0.2, 0.25) is 0 Å². The van der Waals surface area contributed by atoms with E-state index in [0.29, 0.717) is 6.61 Å². The number of aromatic nitrogens is 1. The summed E-state index contributed by atoms with van der Waals surface area (Å²) in [6, 6.07) is 4.09. The quantitative estimate of drug-likeness (QED) is 0.815. The van der Waals surface area contributed by atoms with Crippen LogP contribution in [-0.2, 0) is 16.1 Å². The highest BCUT2D eigenvalue weighted by Crippen LogP contribution is 2.22. The fourth-order valence-corrected chi connectivity index (χ4v) is 2.72. The first-order chi connectivity index (χ1) is 10.2. The zero-order chi connectivity index (χ0) is 15.1. The van der Waals surface area contributed by atoms with Crippen LogP contribution in [0.5, 0.6) is 0 Å². The first-order valence-electron chi connectivity index (χ1n) is 7.81. The van der Waals surface area contributed by atoms with Crippen LogP contribution in [0.3, 0.4) is 0 Å². The van der Waals surface area contributed by atoms with Crippen molar-refractivity contribution in [3.05, 3.63) is 23.9 Å². The molecule has 2 heterocycles. The predicted octanol–water partition coefficient (Wildman–Crippen LogP) is 2.29. The van der Waals surface area contributed by atoms with Gasteiger partial charge in [-0.1, -0.05) is 6.07 Å². The standard InChI is InChI=1S/C16H25N3O2/c1-3-17-15-14(6-5-9-18-15)12-19-10-7-13(8-11-19)16(20)21-4-2/h5-6,9,13H,3-4,7-8,10-12H2,1-2H3,(H,17,18). The van der Waals surface area contributed by atoms with Crippen LogP contribution in [0, 0.1) is 5.92 Å². The van der Waals surface area contributed by atoms with E-state index >= 15 is 0 Å². The number of rotatable bonds is 6. The summed E-state index contributed by atoms with van der Waals surface area (Å²) >= 11 is 0. The van der Waals surface area contributed by atoms with Gasteiger partial charge in [-0.3, -0.25) is 9.69 Å². The van der Waals surface area contributed by atoms with E-state index in [1.54, 1.807) is 0 Å². The molecule has 2 rings (SSSR count). The number of esters is 1. The molecule has 0 atom stereocenters. The maximum atomic E-state index is 11.7. The Labute approximate surface area is 126 Å². The Morgan fingerprint density at radius 2 is 2.19 bits per heavy atom. The van der Waals surface area contributed by atoms with E-state index in [1.165, 1.54) is 5.56 Å². The lowest BCUT2D eigenvalue weighted by molar-refractivity contribution is -0.149. The molecular weight excluding hydrogens is 266 g/mol. The van der Waals surface area contributed by atoms with Crippen molar-refractivity contribution in [3.8, 4) is 0 Å². The van der Waals surface area contributed by atoms with Crippen molar-refractivity contribution in [1.29, 1.82) is 0 Å². The molecule has 1 fully saturated rings. The van der Waals surface area contributed by atoms with E-state index in [9.17, 15) is 4.79 Å². The van der Waals surface area contributed by atoms with E-state index in [-0.39, 0.29) is 11.9 Å². The Hall–Kier alpha value is -1.62. The third kappa shape index (κ3) is 4.43. The van der Waals surface area contributed by atoms with Crippen molar-refractivity contribution in [2.24, 2.45) is 5.92 Å². The summed E-state index contributed by atoms with van der Waals surface area (Å²) in [5.41, 5.74) is 1.22. The van der Waals surface area contributed by atoms with Gasteiger partial charge in [0.05, 0.1) is 12.5 Å². The number of nitrogens with zero attached hydrogens (tertiary/aromatic N) is 2. The zero-order valence-corrected chi connectivity index (χ0v) is 13.0. The van der Waals surface area contributed by atoms with Gasteiger partial charge in [-0.2, -0.15) is 0 Å². The highest BCUT2D eigenvalue weighted by molar-refractivity contribution is 5.72. The summed E-state index contributed by atoms with van der Waals surface area (Å²) in [5.74, 6) is 1.00. The summed E-state index contributed by atoms with van der Waals surface area (Å²) in [6.07, 6.45) is 3.58. The van der Waals surface area contributed by atoms with Gasteiger partial charge in [-0.05, 0) is 45.8 Å². The van der Waals surface area contributed by atoms with Crippen LogP contribution in [0.15, 0.2) is 18.3 Å². The molecule has 1 N–H and O–H groups in total. The normalized spacial score (nSPS) is 16.7. The molecule has 5 nitrogen and oxygen atoms in total. The van der Waals surface area contributed by atoms with E-state index in [4.69, 9.17) is 4.74 Å². The van der Waals surface area contributed by atoms with Gasteiger partial charge in [0, 0.05) is 24.8 Å². The summed E-state index contributed by atoms with van der Waals surface area (Å²) in [5, 5.41) is 3.30. The number of hydrogen-bond donors (Lipinski definition) is 1. The Morgan fingerprint density at radius 1 is 1.43 bits per heavy atom. The van der Waals surface area contributed by atoms with Gasteiger partial charge in [0.1, 0.15) is 5.82 Å². The van der Waals surface area contributed by atoms with Crippen molar-refractivity contribution >= 4 is 11.8 Å². The van der Waals surface area contributed by atoms with Gasteiger partial charge in [0.25, 0.3) is 0 Å². The lowest BCUT2D eigenvalue weighted by atomic mass is 9.96. The molecule has 0 aromatic carbocycles. The van der Waals surface area contributed by atoms with Gasteiger partial charge in [-0.25, -0.2) is 4.98 Å². The van der Waals surface area contributed by atoms with Crippen molar-refractivity contribution in [2.75, 3.05) is 31.6 Å². The number of nitrogens with one attached hydrogen (secondary N) is 1. The fraction of sp³-hybridized carbons (Fsp3) is 0.625. The number of pyridine rings is 1. The fourth-order valence-electron chi connectivity index (χ4n) is 2.72. The Kier molecular flexibility index (Phi) is 5.99. The molecule has 1 aromatic rings. The lowest BCUT2D eigenvalue weighted by Crippen LogP contribution is -2.36. The number of hydrogen-bond acceptors (Lipinski definition) is 5. The monoisotopic (exact) mass is 291 g/mol. The minimum absolute atomic E-state index is 0.0353. The van der Waals surface area contributed by atoms with E-state index in [1.807, 2.05) is 19.2 Å². The molecule has 116 valence electrons. The molecule has 1 saturated heterocycles. The third-order valence-corrected chi connectivity index (χ3v) is 3.84. The SMILES string of the molecule is CCNc1ncccc1CN1CCC(C(=O)OCC)CC1. The van der Waals surface area contributed by atoms with Crippen LogP contribution in [0.1, 0.15) is 32.3 Å². The smallest absolute Gasteiger partial charge is 0.309 e. The molecule has 0 spiro atoms. The van der Waals surface area contributed by atoms with Crippen LogP contribution >= 0.6 is 0 Å². The first-order valence-corrected chi connectivity index (χ1v) is 7.81. The average molecular weight is 291 g/mol. The molecule has 0 amide bonds. The molecule has 1 aliphatic rings. The van der Waals surface area contributed by atoms with Crippen molar-refractivity contribution < 1.29 is 9.53 Å². The Morgan fingerprint density at radius 3 is 2.86 bits per heavy atom. The Balaban J connectivity index is 1.87. The number of carbonyl (C=O) groups excluding carboxylic acids is 1. The average Bonchev–Trinajstić information content (AvgIpc) is 2.50. The van der Waals surface area contributed by atoms with E-state index < -0.39 is 0 Å². The summed E-state index contributed by atoms with van der Waals surface area (Å²) < 4.78 is 5.11. The second-order valence-corrected chi connectivity index (χ2v) is 5.34. The molecule has 5 heteroatoms. The van der Waals surface area contributed by atoms with Gasteiger partial charge in [0.15, 0.2) is 0 Å². The lowest BCUT2D eigenvalue weighted by Gasteiger charge is -2.31. The topological polar surface area (TPSA) is 54.5 Å². The molecule has 21 heavy (non-hydrogen) atoms. The van der Waals surface area contributed by atoms with Crippen LogP contribution in [0.4, 0.5) is 5.82 Å². The van der Waals surface area contributed by atoms with Crippen molar-refractivity contribution in [1.82, 2.24) is 9.88 Å². The molecule has 1 aromatic heterocycles. The zero-order valence-electron chi connectivity index (χ0n) is 13.0. The maximum Gasteiger partial charge on any atom is 0.309 e. The highest BCUT2D eigenvalue weighted by Gasteiger charge is 2.26. The Bertz CT molecular complexity index is 457. The molecular formula is C16H25N3O2.